The zero-order chi connectivity index (χ0) is 32.4. The van der Waals surface area contributed by atoms with Crippen molar-refractivity contribution in [2.45, 2.75) is 44.6 Å². The molecule has 0 saturated heterocycles. The van der Waals surface area contributed by atoms with Gasteiger partial charge in [-0.25, -0.2) is 0 Å². The molecule has 0 aliphatic carbocycles. The minimum Gasteiger partial charge on any atom is -0.465 e. The number of fused-ring (bicyclic) bond motifs is 2. The van der Waals surface area contributed by atoms with Crippen LogP contribution in [0.4, 0.5) is 11.4 Å². The van der Waals surface area contributed by atoms with Crippen molar-refractivity contribution in [3.8, 4) is 22.6 Å². The topological polar surface area (TPSA) is 134 Å². The number of rotatable bonds is 12. The summed E-state index contributed by atoms with van der Waals surface area (Å²) in [6.45, 7) is 3.99. The number of anilines is 2. The predicted molar refractivity (Wildman–Crippen MR) is 176 cm³/mol. The van der Waals surface area contributed by atoms with E-state index in [2.05, 4.69) is 0 Å². The van der Waals surface area contributed by atoms with Gasteiger partial charge in [-0.15, -0.1) is 0 Å². The van der Waals surface area contributed by atoms with E-state index in [9.17, 15) is 25.9 Å². The Hall–Kier alpha value is -3.55. The maximum absolute atomic E-state index is 11.8. The van der Waals surface area contributed by atoms with Gasteiger partial charge in [0, 0.05) is 24.2 Å². The third-order valence-electron chi connectivity index (χ3n) is 7.77. The molecule has 3 aromatic rings. The number of ether oxygens (including phenoxy) is 2. The van der Waals surface area contributed by atoms with Crippen LogP contribution in [0.15, 0.2) is 90.3 Å². The summed E-state index contributed by atoms with van der Waals surface area (Å²) in [5.74, 6) is 1.30. The van der Waals surface area contributed by atoms with Crippen LogP contribution in [-0.4, -0.2) is 56.3 Å². The van der Waals surface area contributed by atoms with Crippen LogP contribution >= 0.6 is 11.6 Å². The molecule has 240 valence electrons. The highest BCUT2D eigenvalue weighted by Crippen LogP contribution is 2.43. The van der Waals surface area contributed by atoms with E-state index < -0.39 is 37.5 Å². The highest BCUT2D eigenvalue weighted by Gasteiger charge is 2.32. The zero-order valence-corrected chi connectivity index (χ0v) is 27.2. The Morgan fingerprint density at radius 1 is 0.956 bits per heavy atom. The highest BCUT2D eigenvalue weighted by molar-refractivity contribution is 7.86. The first-order chi connectivity index (χ1) is 21.3. The van der Waals surface area contributed by atoms with Crippen LogP contribution in [0.1, 0.15) is 33.1 Å². The van der Waals surface area contributed by atoms with E-state index in [4.69, 9.17) is 21.1 Å². The molecule has 2 atom stereocenters. The largest absolute Gasteiger partial charge is 0.465 e. The minimum absolute atomic E-state index is 0.156. The van der Waals surface area contributed by atoms with Crippen molar-refractivity contribution < 1.29 is 35.4 Å². The number of benzene rings is 3. The summed E-state index contributed by atoms with van der Waals surface area (Å²) in [5, 5.41) is -0.476. The number of hydrogen-bond donors (Lipinski definition) is 2. The standard InChI is InChI=1S/C32H35ClN2O8S2/c1-3-23(18-31-34(15-7-17-44(36,37)38)28-21-26(33)11-13-30(28)43-31)19-32-35(16-14-22(2)45(39,40)41)27-20-25(10-12-29(27)42-32)24-8-5-4-6-9-24/h4-6,8-13,18-22,31H,3,7,14-17H2,1-2H3,(H,36,37,38)(H,39,40,41)/b23-18+,32-19-. The van der Waals surface area contributed by atoms with Gasteiger partial charge in [-0.2, -0.15) is 16.8 Å². The minimum atomic E-state index is -4.22. The second-order valence-electron chi connectivity index (χ2n) is 10.9. The molecule has 0 saturated carbocycles. The number of allylic oxidation sites excluding steroid dienone is 2. The van der Waals surface area contributed by atoms with Crippen LogP contribution in [0.2, 0.25) is 5.02 Å². The van der Waals surface area contributed by atoms with Crippen LogP contribution in [0.25, 0.3) is 11.1 Å². The van der Waals surface area contributed by atoms with Crippen LogP contribution in [-0.2, 0) is 20.2 Å². The number of hydrogen-bond acceptors (Lipinski definition) is 8. The molecule has 2 heterocycles. The van der Waals surface area contributed by atoms with Gasteiger partial charge in [0.2, 0.25) is 5.88 Å². The summed E-state index contributed by atoms with van der Waals surface area (Å²) in [7, 11) is -8.35. The number of halogens is 1. The van der Waals surface area contributed by atoms with E-state index >= 15 is 0 Å². The maximum Gasteiger partial charge on any atom is 0.267 e. The quantitative estimate of drug-likeness (QED) is 0.204. The van der Waals surface area contributed by atoms with Crippen molar-refractivity contribution >= 4 is 43.2 Å². The third-order valence-corrected chi connectivity index (χ3v) is 10.1. The Labute approximate surface area is 269 Å². The molecule has 0 spiro atoms. The van der Waals surface area contributed by atoms with E-state index in [0.717, 1.165) is 22.4 Å². The molecule has 2 N–H and O–H groups in total. The lowest BCUT2D eigenvalue weighted by molar-refractivity contribution is 0.272. The molecule has 0 amide bonds. The van der Waals surface area contributed by atoms with E-state index in [0.29, 0.717) is 34.5 Å². The first kappa shape index (κ1) is 32.8. The molecule has 13 heteroatoms. The Morgan fingerprint density at radius 3 is 2.38 bits per heavy atom. The molecule has 45 heavy (non-hydrogen) atoms. The van der Waals surface area contributed by atoms with Crippen LogP contribution in [0, 0.1) is 0 Å². The van der Waals surface area contributed by atoms with Crippen LogP contribution in [0.3, 0.4) is 0 Å². The van der Waals surface area contributed by atoms with Gasteiger partial charge in [0.25, 0.3) is 20.2 Å². The molecule has 0 radical (unpaired) electrons. The predicted octanol–water partition coefficient (Wildman–Crippen LogP) is 6.55. The van der Waals surface area contributed by atoms with Crippen LogP contribution in [0.5, 0.6) is 11.5 Å². The van der Waals surface area contributed by atoms with Crippen molar-refractivity contribution in [1.29, 1.82) is 0 Å². The fraction of sp³-hybridized carbons (Fsp3) is 0.312. The summed E-state index contributed by atoms with van der Waals surface area (Å²) in [6.07, 6.45) is 4.11. The SMILES string of the molecule is CCC(/C=C1\Oc2ccc(-c3ccccc3)cc2N1CCC(C)S(=O)(=O)O)=C\C1Oc2ccc(Cl)cc2N1CCCS(=O)(=O)O. The summed E-state index contributed by atoms with van der Waals surface area (Å²) < 4.78 is 77.8. The molecule has 10 nitrogen and oxygen atoms in total. The fourth-order valence-electron chi connectivity index (χ4n) is 5.25. The molecular formula is C32H35ClN2O8S2. The lowest BCUT2D eigenvalue weighted by atomic mass is 10.0. The fourth-order valence-corrected chi connectivity index (χ4v) is 6.32. The van der Waals surface area contributed by atoms with Crippen molar-refractivity contribution in [2.75, 3.05) is 28.6 Å². The van der Waals surface area contributed by atoms with Gasteiger partial charge in [-0.05, 0) is 79.3 Å². The Balaban J connectivity index is 1.48. The first-order valence-corrected chi connectivity index (χ1v) is 18.0. The number of nitrogens with zero attached hydrogens (tertiary/aromatic N) is 2. The average molecular weight is 675 g/mol. The Morgan fingerprint density at radius 2 is 1.69 bits per heavy atom. The first-order valence-electron chi connectivity index (χ1n) is 14.5. The second kappa shape index (κ2) is 13.4. The van der Waals surface area contributed by atoms with Crippen LogP contribution < -0.4 is 19.3 Å². The van der Waals surface area contributed by atoms with Gasteiger partial charge in [0.1, 0.15) is 5.75 Å². The molecule has 2 aliphatic heterocycles. The van der Waals surface area contributed by atoms with Gasteiger partial charge in [0.05, 0.1) is 22.4 Å². The molecule has 3 aromatic carbocycles. The highest BCUT2D eigenvalue weighted by atomic mass is 35.5. The zero-order valence-electron chi connectivity index (χ0n) is 24.8. The molecule has 0 fully saturated rings. The van der Waals surface area contributed by atoms with Gasteiger partial charge >= 0.3 is 0 Å². The van der Waals surface area contributed by atoms with Gasteiger partial charge in [0.15, 0.2) is 12.0 Å². The summed E-state index contributed by atoms with van der Waals surface area (Å²) in [5.41, 5.74) is 4.31. The molecule has 0 bridgehead atoms. The van der Waals surface area contributed by atoms with Crippen molar-refractivity contribution in [2.24, 2.45) is 0 Å². The Kier molecular flexibility index (Phi) is 9.80. The summed E-state index contributed by atoms with van der Waals surface area (Å²) in [6, 6.07) is 20.9. The van der Waals surface area contributed by atoms with Crippen molar-refractivity contribution in [1.82, 2.24) is 0 Å². The lowest BCUT2D eigenvalue weighted by Crippen LogP contribution is -2.35. The van der Waals surface area contributed by atoms with Crippen molar-refractivity contribution in [3.05, 3.63) is 95.4 Å². The molecule has 2 unspecified atom stereocenters. The van der Waals surface area contributed by atoms with Gasteiger partial charge in [-0.1, -0.05) is 54.9 Å². The summed E-state index contributed by atoms with van der Waals surface area (Å²) >= 11 is 6.26. The molecule has 5 rings (SSSR count). The Bertz CT molecular complexity index is 1830. The molecule has 0 aromatic heterocycles. The maximum atomic E-state index is 11.8. The monoisotopic (exact) mass is 674 g/mol. The van der Waals surface area contributed by atoms with Gasteiger partial charge < -0.3 is 19.3 Å². The van der Waals surface area contributed by atoms with Gasteiger partial charge in [-0.3, -0.25) is 9.11 Å². The van der Waals surface area contributed by atoms with E-state index in [-0.39, 0.29) is 25.9 Å². The van der Waals surface area contributed by atoms with Crippen molar-refractivity contribution in [3.63, 3.8) is 0 Å². The summed E-state index contributed by atoms with van der Waals surface area (Å²) in [4.78, 5) is 3.80. The molecule has 2 aliphatic rings. The normalized spacial score (nSPS) is 18.0. The smallest absolute Gasteiger partial charge is 0.267 e. The third kappa shape index (κ3) is 8.00. The molecular weight excluding hydrogens is 640 g/mol. The second-order valence-corrected chi connectivity index (χ2v) is 14.8. The van der Waals surface area contributed by atoms with E-state index in [1.165, 1.54) is 6.92 Å². The van der Waals surface area contributed by atoms with E-state index in [1.807, 2.05) is 77.4 Å². The average Bonchev–Trinajstić information content (AvgIpc) is 3.50. The van der Waals surface area contributed by atoms with E-state index in [1.54, 1.807) is 18.2 Å². The lowest BCUT2D eigenvalue weighted by Gasteiger charge is -2.24.